The predicted molar refractivity (Wildman–Crippen MR) is 141 cm³/mol. The van der Waals surface area contributed by atoms with Gasteiger partial charge in [0.15, 0.2) is 10.9 Å². The first kappa shape index (κ1) is 25.3. The summed E-state index contributed by atoms with van der Waals surface area (Å²) < 4.78 is 15.4. The lowest BCUT2D eigenvalue weighted by atomic mass is 10.0. The molecule has 0 saturated heterocycles. The summed E-state index contributed by atoms with van der Waals surface area (Å²) in [5.74, 6) is -0.846. The summed E-state index contributed by atoms with van der Waals surface area (Å²) in [7, 11) is 0. The summed E-state index contributed by atoms with van der Waals surface area (Å²) in [6.07, 6.45) is 0. The molecule has 0 atom stereocenters. The number of carbonyl (C=O) groups excluding carboxylic acids is 2. The number of aryl methyl sites for hydroxylation is 2. The minimum absolute atomic E-state index is 0.0328. The Morgan fingerprint density at radius 1 is 1.06 bits per heavy atom. The third-order valence-corrected chi connectivity index (χ3v) is 6.55. The molecule has 36 heavy (non-hydrogen) atoms. The molecule has 8 heteroatoms. The van der Waals surface area contributed by atoms with E-state index in [0.717, 1.165) is 22.9 Å². The number of benzene rings is 3. The van der Waals surface area contributed by atoms with Crippen molar-refractivity contribution in [3.05, 3.63) is 99.1 Å². The highest BCUT2D eigenvalue weighted by Crippen LogP contribution is 2.24. The third-order valence-electron chi connectivity index (χ3n) is 5.61. The second-order valence-electron chi connectivity index (χ2n) is 8.91. The maximum absolute atomic E-state index is 14.1. The Kier molecular flexibility index (Phi) is 7.35. The first-order valence-corrected chi connectivity index (χ1v) is 12.5. The zero-order valence-corrected chi connectivity index (χ0v) is 21.3. The lowest BCUT2D eigenvalue weighted by molar-refractivity contribution is 0.0942. The van der Waals surface area contributed by atoms with Gasteiger partial charge in [0, 0.05) is 17.2 Å². The fourth-order valence-electron chi connectivity index (χ4n) is 3.84. The van der Waals surface area contributed by atoms with Crippen LogP contribution in [-0.4, -0.2) is 33.0 Å². The van der Waals surface area contributed by atoms with E-state index in [1.807, 2.05) is 45.9 Å². The minimum atomic E-state index is -0.498. The number of hydrogen-bond donors (Lipinski definition) is 1. The first-order valence-electron chi connectivity index (χ1n) is 11.5. The number of hydrogen-bond acceptors (Lipinski definition) is 5. The molecule has 0 unspecified atom stereocenters. The van der Waals surface area contributed by atoms with Gasteiger partial charge in [0.25, 0.3) is 11.5 Å². The van der Waals surface area contributed by atoms with Crippen molar-refractivity contribution in [1.29, 1.82) is 0 Å². The molecule has 1 heterocycles. The smallest absolute Gasteiger partial charge is 0.266 e. The van der Waals surface area contributed by atoms with Crippen molar-refractivity contribution in [3.8, 4) is 5.69 Å². The summed E-state index contributed by atoms with van der Waals surface area (Å²) in [5, 5.41) is 3.34. The molecule has 4 aromatic rings. The molecule has 0 aliphatic rings. The van der Waals surface area contributed by atoms with Crippen molar-refractivity contribution >= 4 is 34.4 Å². The number of aromatic nitrogens is 2. The topological polar surface area (TPSA) is 81.1 Å². The summed E-state index contributed by atoms with van der Waals surface area (Å²) in [4.78, 5) is 43.7. The number of nitrogens with zero attached hydrogens (tertiary/aromatic N) is 2. The Balaban J connectivity index is 1.80. The summed E-state index contributed by atoms with van der Waals surface area (Å²) in [6, 6.07) is 16.0. The van der Waals surface area contributed by atoms with E-state index >= 15 is 0 Å². The molecular formula is C28H26FN3O3S. The van der Waals surface area contributed by atoms with E-state index in [9.17, 15) is 18.8 Å². The molecule has 3 aromatic carbocycles. The fraction of sp³-hybridized carbons (Fsp3) is 0.214. The van der Waals surface area contributed by atoms with Crippen LogP contribution in [0.15, 0.2) is 70.6 Å². The fourth-order valence-corrected chi connectivity index (χ4v) is 4.73. The van der Waals surface area contributed by atoms with Gasteiger partial charge in [0.05, 0.1) is 22.3 Å². The minimum Gasteiger partial charge on any atom is -0.350 e. The van der Waals surface area contributed by atoms with Crippen molar-refractivity contribution in [2.75, 3.05) is 5.75 Å². The second kappa shape index (κ2) is 10.5. The largest absolute Gasteiger partial charge is 0.350 e. The highest BCUT2D eigenvalue weighted by atomic mass is 32.2. The average molecular weight is 504 g/mol. The van der Waals surface area contributed by atoms with Gasteiger partial charge in [-0.15, -0.1) is 0 Å². The second-order valence-corrected chi connectivity index (χ2v) is 9.85. The van der Waals surface area contributed by atoms with Gasteiger partial charge < -0.3 is 5.32 Å². The number of amides is 1. The van der Waals surface area contributed by atoms with Crippen LogP contribution in [0.4, 0.5) is 4.39 Å². The van der Waals surface area contributed by atoms with Gasteiger partial charge in [-0.1, -0.05) is 35.5 Å². The van der Waals surface area contributed by atoms with E-state index in [-0.39, 0.29) is 34.0 Å². The number of nitrogens with one attached hydrogen (secondary N) is 1. The van der Waals surface area contributed by atoms with E-state index in [1.165, 1.54) is 22.8 Å². The van der Waals surface area contributed by atoms with Gasteiger partial charge in [0.1, 0.15) is 5.82 Å². The third kappa shape index (κ3) is 5.39. The number of rotatable bonds is 7. The Morgan fingerprint density at radius 3 is 2.56 bits per heavy atom. The van der Waals surface area contributed by atoms with Crippen LogP contribution in [0.5, 0.6) is 0 Å². The monoisotopic (exact) mass is 503 g/mol. The molecule has 0 aliphatic carbocycles. The van der Waals surface area contributed by atoms with Crippen LogP contribution >= 0.6 is 11.8 Å². The van der Waals surface area contributed by atoms with Gasteiger partial charge in [-0.3, -0.25) is 19.0 Å². The van der Waals surface area contributed by atoms with Gasteiger partial charge in [0.2, 0.25) is 0 Å². The van der Waals surface area contributed by atoms with Gasteiger partial charge in [-0.25, -0.2) is 9.37 Å². The molecule has 0 aliphatic heterocycles. The highest BCUT2D eigenvalue weighted by Gasteiger charge is 2.18. The Hall–Kier alpha value is -3.78. The summed E-state index contributed by atoms with van der Waals surface area (Å²) in [5.41, 5.74) is 3.03. The van der Waals surface area contributed by atoms with Gasteiger partial charge in [-0.2, -0.15) is 0 Å². The number of ketones is 1. The molecule has 0 spiro atoms. The molecule has 1 amide bonds. The van der Waals surface area contributed by atoms with Gasteiger partial charge >= 0.3 is 0 Å². The van der Waals surface area contributed by atoms with E-state index in [4.69, 9.17) is 0 Å². The molecular weight excluding hydrogens is 477 g/mol. The van der Waals surface area contributed by atoms with Crippen LogP contribution < -0.4 is 10.9 Å². The number of Topliss-reactive ketones (excluding diaryl/α,β-unsaturated/α-hetero) is 1. The van der Waals surface area contributed by atoms with Crippen LogP contribution in [0.2, 0.25) is 0 Å². The average Bonchev–Trinajstić information content (AvgIpc) is 2.83. The van der Waals surface area contributed by atoms with Crippen molar-refractivity contribution < 1.29 is 14.0 Å². The van der Waals surface area contributed by atoms with Crippen molar-refractivity contribution in [2.45, 2.75) is 38.9 Å². The SMILES string of the molecule is Cc1ccc(C)c(C(=O)CSc2nc3cc(C(=O)NC(C)C)ccc3c(=O)n2-c2cccc(F)c2)c1. The number of carbonyl (C=O) groups is 2. The lowest BCUT2D eigenvalue weighted by Crippen LogP contribution is -2.30. The maximum atomic E-state index is 14.1. The number of thioether (sulfide) groups is 1. The van der Waals surface area contributed by atoms with Gasteiger partial charge in [-0.05, 0) is 75.7 Å². The Labute approximate surface area is 212 Å². The van der Waals surface area contributed by atoms with Crippen LogP contribution in [0, 0.1) is 19.7 Å². The Bertz CT molecular complexity index is 1550. The molecule has 1 N–H and O–H groups in total. The van der Waals surface area contributed by atoms with E-state index in [1.54, 1.807) is 24.3 Å². The van der Waals surface area contributed by atoms with E-state index < -0.39 is 11.4 Å². The van der Waals surface area contributed by atoms with Crippen molar-refractivity contribution in [1.82, 2.24) is 14.9 Å². The van der Waals surface area contributed by atoms with Crippen molar-refractivity contribution in [3.63, 3.8) is 0 Å². The number of halogens is 1. The van der Waals surface area contributed by atoms with E-state index in [2.05, 4.69) is 10.3 Å². The maximum Gasteiger partial charge on any atom is 0.266 e. The van der Waals surface area contributed by atoms with Crippen LogP contribution in [-0.2, 0) is 0 Å². The Morgan fingerprint density at radius 2 is 1.83 bits per heavy atom. The molecule has 1 aromatic heterocycles. The number of fused-ring (bicyclic) bond motifs is 1. The molecule has 6 nitrogen and oxygen atoms in total. The van der Waals surface area contributed by atoms with Crippen molar-refractivity contribution in [2.24, 2.45) is 0 Å². The van der Waals surface area contributed by atoms with Crippen LogP contribution in [0.3, 0.4) is 0 Å². The van der Waals surface area contributed by atoms with E-state index in [0.29, 0.717) is 22.3 Å². The molecule has 4 rings (SSSR count). The molecule has 0 fully saturated rings. The highest BCUT2D eigenvalue weighted by molar-refractivity contribution is 7.99. The van der Waals surface area contributed by atoms with Crippen LogP contribution in [0.25, 0.3) is 16.6 Å². The summed E-state index contributed by atoms with van der Waals surface area (Å²) >= 11 is 1.10. The zero-order valence-electron chi connectivity index (χ0n) is 20.5. The normalized spacial score (nSPS) is 11.2. The van der Waals surface area contributed by atoms with Crippen LogP contribution in [0.1, 0.15) is 45.7 Å². The predicted octanol–water partition coefficient (Wildman–Crippen LogP) is 5.25. The molecule has 0 radical (unpaired) electrons. The molecule has 0 bridgehead atoms. The molecule has 0 saturated carbocycles. The quantitative estimate of drug-likeness (QED) is 0.212. The summed E-state index contributed by atoms with van der Waals surface area (Å²) in [6.45, 7) is 7.51. The molecule has 184 valence electrons. The zero-order chi connectivity index (χ0) is 26.0. The first-order chi connectivity index (χ1) is 17.1. The lowest BCUT2D eigenvalue weighted by Gasteiger charge is -2.14. The standard InChI is InChI=1S/C28H26FN3O3S/c1-16(2)30-26(34)19-10-11-22-24(13-19)31-28(32(27(22)35)21-7-5-6-20(29)14-21)36-15-25(33)23-12-17(3)8-9-18(23)4/h5-14,16H,15H2,1-4H3,(H,30,34).